The minimum absolute atomic E-state index is 0.0581. The lowest BCUT2D eigenvalue weighted by atomic mass is 9.85. The number of rotatable bonds is 5. The van der Waals surface area contributed by atoms with Crippen LogP contribution in [0.3, 0.4) is 0 Å². The Labute approximate surface area is 120 Å². The van der Waals surface area contributed by atoms with Crippen LogP contribution < -0.4 is 10.1 Å². The summed E-state index contributed by atoms with van der Waals surface area (Å²) in [6.45, 7) is 0.357. The van der Waals surface area contributed by atoms with E-state index in [1.54, 1.807) is 7.11 Å². The number of aliphatic hydroxyl groups is 1. The van der Waals surface area contributed by atoms with Gasteiger partial charge in [0, 0.05) is 6.54 Å². The number of hydrogen-bond donors (Lipinski definition) is 2. The van der Waals surface area contributed by atoms with Crippen LogP contribution in [0, 0.1) is 0 Å². The number of ether oxygens (including phenoxy) is 1. The molecule has 20 heavy (non-hydrogen) atoms. The third-order valence-corrected chi connectivity index (χ3v) is 3.90. The van der Waals surface area contributed by atoms with Crippen molar-refractivity contribution in [2.45, 2.75) is 44.1 Å². The van der Waals surface area contributed by atoms with Gasteiger partial charge in [-0.2, -0.15) is 0 Å². The van der Waals surface area contributed by atoms with E-state index in [9.17, 15) is 9.90 Å². The van der Waals surface area contributed by atoms with Crippen molar-refractivity contribution < 1.29 is 14.6 Å². The maximum absolute atomic E-state index is 11.9. The number of hydrogen-bond acceptors (Lipinski definition) is 3. The first-order valence-corrected chi connectivity index (χ1v) is 7.23. The molecule has 4 heteroatoms. The van der Waals surface area contributed by atoms with Crippen LogP contribution in [0.4, 0.5) is 0 Å². The van der Waals surface area contributed by atoms with Gasteiger partial charge in [-0.15, -0.1) is 0 Å². The molecule has 1 aliphatic rings. The topological polar surface area (TPSA) is 58.6 Å². The summed E-state index contributed by atoms with van der Waals surface area (Å²) < 4.78 is 5.14. The molecule has 0 aliphatic heterocycles. The van der Waals surface area contributed by atoms with Crippen molar-refractivity contribution in [1.82, 2.24) is 5.32 Å². The highest BCUT2D eigenvalue weighted by Crippen LogP contribution is 2.27. The number of methoxy groups -OCH3 is 1. The zero-order valence-corrected chi connectivity index (χ0v) is 12.0. The van der Waals surface area contributed by atoms with E-state index in [1.165, 1.54) is 6.42 Å². The molecule has 2 N–H and O–H groups in total. The molecule has 1 amide bonds. The second-order valence-electron chi connectivity index (χ2n) is 5.59. The Morgan fingerprint density at radius 1 is 1.35 bits per heavy atom. The van der Waals surface area contributed by atoms with E-state index in [1.807, 2.05) is 24.3 Å². The predicted molar refractivity (Wildman–Crippen MR) is 77.7 cm³/mol. The van der Waals surface area contributed by atoms with Crippen LogP contribution in [0.1, 0.15) is 37.7 Å². The highest BCUT2D eigenvalue weighted by atomic mass is 16.5. The second kappa shape index (κ2) is 6.75. The van der Waals surface area contributed by atoms with Crippen molar-refractivity contribution in [2.75, 3.05) is 13.7 Å². The maximum atomic E-state index is 11.9. The molecule has 1 fully saturated rings. The Hall–Kier alpha value is -1.55. The van der Waals surface area contributed by atoms with E-state index in [-0.39, 0.29) is 5.91 Å². The molecule has 0 unspecified atom stereocenters. The van der Waals surface area contributed by atoms with E-state index in [4.69, 9.17) is 4.74 Å². The Morgan fingerprint density at radius 3 is 2.80 bits per heavy atom. The Balaban J connectivity index is 1.82. The highest BCUT2D eigenvalue weighted by Gasteiger charge is 2.29. The van der Waals surface area contributed by atoms with Crippen LogP contribution in [-0.2, 0) is 11.2 Å². The predicted octanol–water partition coefficient (Wildman–Crippen LogP) is 2.05. The number of nitrogens with one attached hydrogen (secondary N) is 1. The van der Waals surface area contributed by atoms with E-state index < -0.39 is 5.60 Å². The number of carbonyl (C=O) groups excluding carboxylic acids is 1. The monoisotopic (exact) mass is 277 g/mol. The molecular formula is C16H23NO3. The molecule has 2 rings (SSSR count). The summed E-state index contributed by atoms with van der Waals surface area (Å²) in [6, 6.07) is 7.48. The van der Waals surface area contributed by atoms with Gasteiger partial charge < -0.3 is 15.2 Å². The SMILES string of the molecule is COc1cccc(CC(=O)NCC2(O)CCCCC2)c1. The van der Waals surface area contributed by atoms with Crippen molar-refractivity contribution >= 4 is 5.91 Å². The summed E-state index contributed by atoms with van der Waals surface area (Å²) in [6.07, 6.45) is 5.15. The summed E-state index contributed by atoms with van der Waals surface area (Å²) >= 11 is 0. The molecule has 0 bridgehead atoms. The third-order valence-electron chi connectivity index (χ3n) is 3.90. The van der Waals surface area contributed by atoms with E-state index in [2.05, 4.69) is 5.32 Å². The van der Waals surface area contributed by atoms with Crippen LogP contribution >= 0.6 is 0 Å². The first-order chi connectivity index (χ1) is 9.61. The van der Waals surface area contributed by atoms with Gasteiger partial charge in [-0.3, -0.25) is 4.79 Å². The Bertz CT molecular complexity index is 453. The number of amides is 1. The van der Waals surface area contributed by atoms with Crippen LogP contribution in [0.15, 0.2) is 24.3 Å². The fraction of sp³-hybridized carbons (Fsp3) is 0.562. The molecule has 1 aliphatic carbocycles. The molecule has 0 heterocycles. The van der Waals surface area contributed by atoms with E-state index >= 15 is 0 Å². The number of carbonyl (C=O) groups is 1. The van der Waals surface area contributed by atoms with Crippen LogP contribution in [0.5, 0.6) is 5.75 Å². The largest absolute Gasteiger partial charge is 0.497 e. The summed E-state index contributed by atoms with van der Waals surface area (Å²) in [4.78, 5) is 11.9. The molecule has 1 saturated carbocycles. The van der Waals surface area contributed by atoms with Gasteiger partial charge in [0.15, 0.2) is 0 Å². The van der Waals surface area contributed by atoms with Crippen molar-refractivity contribution in [1.29, 1.82) is 0 Å². The highest BCUT2D eigenvalue weighted by molar-refractivity contribution is 5.78. The quantitative estimate of drug-likeness (QED) is 0.866. The lowest BCUT2D eigenvalue weighted by Gasteiger charge is -2.32. The third kappa shape index (κ3) is 4.23. The summed E-state index contributed by atoms with van der Waals surface area (Å²) in [5.41, 5.74) is 0.208. The summed E-state index contributed by atoms with van der Waals surface area (Å²) in [7, 11) is 1.61. The number of benzene rings is 1. The summed E-state index contributed by atoms with van der Waals surface area (Å²) in [5.74, 6) is 0.693. The van der Waals surface area contributed by atoms with Crippen molar-refractivity contribution in [3.63, 3.8) is 0 Å². The smallest absolute Gasteiger partial charge is 0.224 e. The van der Waals surface area contributed by atoms with Gasteiger partial charge in [-0.1, -0.05) is 31.4 Å². The average Bonchev–Trinajstić information content (AvgIpc) is 2.46. The van der Waals surface area contributed by atoms with Crippen molar-refractivity contribution in [3.8, 4) is 5.75 Å². The first kappa shape index (κ1) is 14.9. The van der Waals surface area contributed by atoms with Gasteiger partial charge in [-0.25, -0.2) is 0 Å². The standard InChI is InChI=1S/C16H23NO3/c1-20-14-7-5-6-13(10-14)11-15(18)17-12-16(19)8-3-2-4-9-16/h5-7,10,19H,2-4,8-9,11-12H2,1H3,(H,17,18). The molecular weight excluding hydrogens is 254 g/mol. The molecule has 1 aromatic carbocycles. The Kier molecular flexibility index (Phi) is 5.01. The van der Waals surface area contributed by atoms with Crippen LogP contribution in [-0.4, -0.2) is 30.3 Å². The zero-order valence-electron chi connectivity index (χ0n) is 12.0. The average molecular weight is 277 g/mol. The van der Waals surface area contributed by atoms with Gasteiger partial charge in [0.05, 0.1) is 19.1 Å². The van der Waals surface area contributed by atoms with E-state index in [0.717, 1.165) is 37.0 Å². The zero-order chi connectivity index (χ0) is 14.4. The molecule has 0 aromatic heterocycles. The molecule has 110 valence electrons. The second-order valence-corrected chi connectivity index (χ2v) is 5.59. The lowest BCUT2D eigenvalue weighted by molar-refractivity contribution is -0.122. The van der Waals surface area contributed by atoms with Gasteiger partial charge >= 0.3 is 0 Å². The van der Waals surface area contributed by atoms with Gasteiger partial charge in [0.25, 0.3) is 0 Å². The molecule has 4 nitrogen and oxygen atoms in total. The van der Waals surface area contributed by atoms with Crippen molar-refractivity contribution in [2.24, 2.45) is 0 Å². The maximum Gasteiger partial charge on any atom is 0.224 e. The molecule has 0 atom stereocenters. The Morgan fingerprint density at radius 2 is 2.10 bits per heavy atom. The first-order valence-electron chi connectivity index (χ1n) is 7.23. The van der Waals surface area contributed by atoms with Gasteiger partial charge in [0.1, 0.15) is 5.75 Å². The molecule has 1 aromatic rings. The van der Waals surface area contributed by atoms with Gasteiger partial charge in [0.2, 0.25) is 5.91 Å². The minimum atomic E-state index is -0.706. The molecule has 0 spiro atoms. The van der Waals surface area contributed by atoms with Crippen molar-refractivity contribution in [3.05, 3.63) is 29.8 Å². The molecule has 0 radical (unpaired) electrons. The summed E-state index contributed by atoms with van der Waals surface area (Å²) in [5, 5.41) is 13.2. The normalized spacial score (nSPS) is 17.5. The molecule has 0 saturated heterocycles. The van der Waals surface area contributed by atoms with Crippen LogP contribution in [0.25, 0.3) is 0 Å². The van der Waals surface area contributed by atoms with Crippen LogP contribution in [0.2, 0.25) is 0 Å². The minimum Gasteiger partial charge on any atom is -0.497 e. The van der Waals surface area contributed by atoms with Gasteiger partial charge in [-0.05, 0) is 30.5 Å². The van der Waals surface area contributed by atoms with E-state index in [0.29, 0.717) is 13.0 Å². The fourth-order valence-corrected chi connectivity index (χ4v) is 2.68. The lowest BCUT2D eigenvalue weighted by Crippen LogP contribution is -2.44. The fourth-order valence-electron chi connectivity index (χ4n) is 2.68.